The molecule has 1 fully saturated rings. The van der Waals surface area contributed by atoms with Crippen molar-refractivity contribution in [2.45, 2.75) is 25.3 Å². The second kappa shape index (κ2) is 7.75. The van der Waals surface area contributed by atoms with Crippen LogP contribution in [0.15, 0.2) is 60.7 Å². The number of carbonyl (C=O) groups is 2. The van der Waals surface area contributed by atoms with Gasteiger partial charge in [0.05, 0.1) is 13.2 Å². The third-order valence-electron chi connectivity index (χ3n) is 3.98. The van der Waals surface area contributed by atoms with Crippen molar-refractivity contribution < 1.29 is 19.1 Å². The van der Waals surface area contributed by atoms with Gasteiger partial charge >= 0.3 is 6.09 Å². The molecule has 1 amide bonds. The number of amides is 1. The fourth-order valence-corrected chi connectivity index (χ4v) is 2.71. The summed E-state index contributed by atoms with van der Waals surface area (Å²) >= 11 is 0. The monoisotopic (exact) mass is 325 g/mol. The lowest BCUT2D eigenvalue weighted by molar-refractivity contribution is -0.115. The van der Waals surface area contributed by atoms with Gasteiger partial charge in [-0.25, -0.2) is 4.79 Å². The predicted molar refractivity (Wildman–Crippen MR) is 88.2 cm³/mol. The molecule has 2 atom stereocenters. The summed E-state index contributed by atoms with van der Waals surface area (Å²) in [6.45, 7) is 1.07. The summed E-state index contributed by atoms with van der Waals surface area (Å²) in [5.41, 5.74) is 2.02. The second-order valence-electron chi connectivity index (χ2n) is 5.67. The first kappa shape index (κ1) is 16.2. The van der Waals surface area contributed by atoms with E-state index in [0.717, 1.165) is 11.1 Å². The summed E-state index contributed by atoms with van der Waals surface area (Å²) in [4.78, 5) is 24.9. The molecule has 1 heterocycles. The summed E-state index contributed by atoms with van der Waals surface area (Å²) in [5, 5.41) is 0. The van der Waals surface area contributed by atoms with Gasteiger partial charge in [-0.2, -0.15) is 0 Å². The van der Waals surface area contributed by atoms with Crippen LogP contribution >= 0.6 is 0 Å². The molecule has 1 aliphatic rings. The number of rotatable bonds is 7. The standard InChI is InChI=1S/C19H19NO4/c21-12-18-17(14-23-13-16-9-5-2-6-10-16)20(19(22)24-18)11-15-7-3-1-4-8-15/h1-10,12,17-18H,11,13-14H2/t17-,18+/m0/s1. The van der Waals surface area contributed by atoms with Gasteiger partial charge in [-0.3, -0.25) is 9.69 Å². The molecule has 0 aromatic heterocycles. The normalized spacial score (nSPS) is 20.0. The molecular formula is C19H19NO4. The van der Waals surface area contributed by atoms with E-state index in [1.54, 1.807) is 4.90 Å². The average molecular weight is 325 g/mol. The maximum atomic E-state index is 12.1. The van der Waals surface area contributed by atoms with E-state index in [9.17, 15) is 9.59 Å². The summed E-state index contributed by atoms with van der Waals surface area (Å²) in [6.07, 6.45) is -0.611. The van der Waals surface area contributed by atoms with Crippen molar-refractivity contribution in [1.82, 2.24) is 4.90 Å². The molecule has 0 spiro atoms. The fraction of sp³-hybridized carbons (Fsp3) is 0.263. The number of nitrogens with zero attached hydrogens (tertiary/aromatic N) is 1. The highest BCUT2D eigenvalue weighted by Gasteiger charge is 2.41. The first-order valence-electron chi connectivity index (χ1n) is 7.86. The van der Waals surface area contributed by atoms with Crippen molar-refractivity contribution in [1.29, 1.82) is 0 Å². The van der Waals surface area contributed by atoms with Gasteiger partial charge in [0.15, 0.2) is 12.4 Å². The highest BCUT2D eigenvalue weighted by atomic mass is 16.6. The van der Waals surface area contributed by atoms with Crippen LogP contribution < -0.4 is 0 Å². The Kier molecular flexibility index (Phi) is 5.23. The minimum absolute atomic E-state index is 0.247. The minimum Gasteiger partial charge on any atom is -0.436 e. The van der Waals surface area contributed by atoms with Crippen molar-refractivity contribution in [2.75, 3.05) is 6.61 Å². The van der Waals surface area contributed by atoms with Crippen LogP contribution in [0.2, 0.25) is 0 Å². The molecule has 5 nitrogen and oxygen atoms in total. The van der Waals surface area contributed by atoms with E-state index in [2.05, 4.69) is 0 Å². The molecular weight excluding hydrogens is 306 g/mol. The van der Waals surface area contributed by atoms with Gasteiger partial charge in [-0.15, -0.1) is 0 Å². The Morgan fingerprint density at radius 2 is 1.62 bits per heavy atom. The van der Waals surface area contributed by atoms with Gasteiger partial charge in [0.25, 0.3) is 0 Å². The molecule has 0 radical (unpaired) electrons. The third kappa shape index (κ3) is 3.81. The summed E-state index contributed by atoms with van der Waals surface area (Å²) in [6, 6.07) is 18.9. The van der Waals surface area contributed by atoms with E-state index >= 15 is 0 Å². The summed E-state index contributed by atoms with van der Waals surface area (Å²) < 4.78 is 10.9. The molecule has 124 valence electrons. The molecule has 24 heavy (non-hydrogen) atoms. The predicted octanol–water partition coefficient (Wildman–Crippen LogP) is 2.79. The van der Waals surface area contributed by atoms with E-state index in [0.29, 0.717) is 19.4 Å². The van der Waals surface area contributed by atoms with Gasteiger partial charge in [-0.05, 0) is 11.1 Å². The summed E-state index contributed by atoms with van der Waals surface area (Å²) in [7, 11) is 0. The van der Waals surface area contributed by atoms with E-state index < -0.39 is 18.2 Å². The lowest BCUT2D eigenvalue weighted by Crippen LogP contribution is -2.40. The Morgan fingerprint density at radius 1 is 1.00 bits per heavy atom. The lowest BCUT2D eigenvalue weighted by atomic mass is 10.1. The molecule has 2 aromatic carbocycles. The number of ether oxygens (including phenoxy) is 2. The van der Waals surface area contributed by atoms with Crippen molar-refractivity contribution in [2.24, 2.45) is 0 Å². The van der Waals surface area contributed by atoms with Crippen LogP contribution in [0, 0.1) is 0 Å². The van der Waals surface area contributed by atoms with Crippen LogP contribution in [0.5, 0.6) is 0 Å². The second-order valence-corrected chi connectivity index (χ2v) is 5.67. The SMILES string of the molecule is O=C[C@H]1OC(=O)N(Cc2ccccc2)[C@H]1COCc1ccccc1. The zero-order chi connectivity index (χ0) is 16.8. The van der Waals surface area contributed by atoms with Gasteiger partial charge < -0.3 is 9.47 Å². The Morgan fingerprint density at radius 3 is 2.25 bits per heavy atom. The molecule has 0 N–H and O–H groups in total. The van der Waals surface area contributed by atoms with Crippen LogP contribution in [0.1, 0.15) is 11.1 Å². The number of hydrogen-bond acceptors (Lipinski definition) is 4. The van der Waals surface area contributed by atoms with Crippen LogP contribution in [-0.4, -0.2) is 36.0 Å². The van der Waals surface area contributed by atoms with Crippen LogP contribution in [-0.2, 0) is 27.4 Å². The first-order chi connectivity index (χ1) is 11.8. The van der Waals surface area contributed by atoms with Crippen molar-refractivity contribution >= 4 is 12.4 Å². The van der Waals surface area contributed by atoms with Gasteiger partial charge in [0.2, 0.25) is 0 Å². The van der Waals surface area contributed by atoms with Crippen molar-refractivity contribution in [3.8, 4) is 0 Å². The van der Waals surface area contributed by atoms with Gasteiger partial charge in [0, 0.05) is 6.54 Å². The fourth-order valence-electron chi connectivity index (χ4n) is 2.71. The smallest absolute Gasteiger partial charge is 0.411 e. The quantitative estimate of drug-likeness (QED) is 0.735. The molecule has 1 saturated heterocycles. The Bertz CT molecular complexity index is 674. The number of benzene rings is 2. The average Bonchev–Trinajstić information content (AvgIpc) is 2.92. The maximum Gasteiger partial charge on any atom is 0.411 e. The molecule has 1 aliphatic heterocycles. The molecule has 5 heteroatoms. The Hall–Kier alpha value is -2.66. The number of cyclic esters (lactones) is 1. The number of aldehydes is 1. The molecule has 0 bridgehead atoms. The van der Waals surface area contributed by atoms with Crippen LogP contribution in [0.25, 0.3) is 0 Å². The van der Waals surface area contributed by atoms with E-state index in [-0.39, 0.29) is 6.61 Å². The van der Waals surface area contributed by atoms with Gasteiger partial charge in [-0.1, -0.05) is 60.7 Å². The summed E-state index contributed by atoms with van der Waals surface area (Å²) in [5.74, 6) is 0. The van der Waals surface area contributed by atoms with Crippen LogP contribution in [0.3, 0.4) is 0 Å². The molecule has 0 unspecified atom stereocenters. The minimum atomic E-state index is -0.794. The maximum absolute atomic E-state index is 12.1. The highest BCUT2D eigenvalue weighted by Crippen LogP contribution is 2.22. The molecule has 3 rings (SSSR count). The van der Waals surface area contributed by atoms with Crippen molar-refractivity contribution in [3.63, 3.8) is 0 Å². The molecule has 0 aliphatic carbocycles. The third-order valence-corrected chi connectivity index (χ3v) is 3.98. The molecule has 2 aromatic rings. The lowest BCUT2D eigenvalue weighted by Gasteiger charge is -2.23. The first-order valence-corrected chi connectivity index (χ1v) is 7.86. The van der Waals surface area contributed by atoms with E-state index in [1.165, 1.54) is 0 Å². The zero-order valence-electron chi connectivity index (χ0n) is 13.2. The number of hydrogen-bond donors (Lipinski definition) is 0. The number of carbonyl (C=O) groups excluding carboxylic acids is 2. The van der Waals surface area contributed by atoms with E-state index in [1.807, 2.05) is 60.7 Å². The zero-order valence-corrected chi connectivity index (χ0v) is 13.2. The molecule has 0 saturated carbocycles. The van der Waals surface area contributed by atoms with Crippen molar-refractivity contribution in [3.05, 3.63) is 71.8 Å². The highest BCUT2D eigenvalue weighted by molar-refractivity contribution is 5.76. The van der Waals surface area contributed by atoms with Crippen LogP contribution in [0.4, 0.5) is 4.79 Å². The largest absolute Gasteiger partial charge is 0.436 e. The Labute approximate surface area is 140 Å². The van der Waals surface area contributed by atoms with Gasteiger partial charge in [0.1, 0.15) is 6.04 Å². The Balaban J connectivity index is 1.64. The van der Waals surface area contributed by atoms with E-state index in [4.69, 9.17) is 9.47 Å². The topological polar surface area (TPSA) is 55.8 Å².